The number of hydrogen-bond acceptors (Lipinski definition) is 3. The monoisotopic (exact) mass is 349 g/mol. The summed E-state index contributed by atoms with van der Waals surface area (Å²) in [5.74, 6) is 4.53. The Kier molecular flexibility index (Phi) is 6.29. The van der Waals surface area contributed by atoms with E-state index in [2.05, 4.69) is 5.92 Å². The number of terminal acetylenes is 1. The minimum atomic E-state index is 0.0688. The summed E-state index contributed by atoms with van der Waals surface area (Å²) in [5.41, 5.74) is 0.687. The van der Waals surface area contributed by atoms with Crippen LogP contribution < -0.4 is 4.74 Å². The van der Waals surface area contributed by atoms with Gasteiger partial charge in [-0.2, -0.15) is 0 Å². The van der Waals surface area contributed by atoms with E-state index in [4.69, 9.17) is 15.9 Å². The average Bonchev–Trinajstić information content (AvgIpc) is 2.70. The van der Waals surface area contributed by atoms with Crippen molar-refractivity contribution in [2.24, 2.45) is 5.92 Å². The summed E-state index contributed by atoms with van der Waals surface area (Å²) in [6.07, 6.45) is 7.09. The highest BCUT2D eigenvalue weighted by atomic mass is 16.5. The second kappa shape index (κ2) is 9.07. The van der Waals surface area contributed by atoms with Crippen molar-refractivity contribution < 1.29 is 14.3 Å². The molecule has 3 rings (SSSR count). The van der Waals surface area contributed by atoms with Crippen LogP contribution in [0.2, 0.25) is 0 Å². The van der Waals surface area contributed by atoms with Gasteiger partial charge in [0.15, 0.2) is 0 Å². The molecule has 1 saturated heterocycles. The first kappa shape index (κ1) is 18.0. The fourth-order valence-electron chi connectivity index (χ4n) is 3.06. The number of likely N-dealkylation sites (tertiary alicyclic amines) is 1. The molecule has 0 saturated carbocycles. The molecule has 0 aliphatic carbocycles. The van der Waals surface area contributed by atoms with Crippen molar-refractivity contribution in [3.8, 4) is 23.8 Å². The Hall–Kier alpha value is -2.77. The van der Waals surface area contributed by atoms with Gasteiger partial charge in [0.05, 0.1) is 6.61 Å². The Morgan fingerprint density at radius 2 is 1.69 bits per heavy atom. The fraction of sp³-hybridized carbons (Fsp3) is 0.318. The van der Waals surface area contributed by atoms with Gasteiger partial charge in [-0.15, -0.1) is 6.42 Å². The molecule has 134 valence electrons. The smallest absolute Gasteiger partial charge is 0.253 e. The Bertz CT molecular complexity index is 741. The summed E-state index contributed by atoms with van der Waals surface area (Å²) in [6.45, 7) is 2.55. The summed E-state index contributed by atoms with van der Waals surface area (Å²) in [7, 11) is 0. The normalized spacial score (nSPS) is 14.7. The summed E-state index contributed by atoms with van der Waals surface area (Å²) in [4.78, 5) is 14.6. The molecule has 4 heteroatoms. The average molecular weight is 349 g/mol. The highest BCUT2D eigenvalue weighted by molar-refractivity contribution is 5.94. The van der Waals surface area contributed by atoms with E-state index in [1.54, 1.807) is 0 Å². The number of benzene rings is 2. The first-order valence-electron chi connectivity index (χ1n) is 8.89. The zero-order chi connectivity index (χ0) is 18.2. The Balaban J connectivity index is 1.51. The van der Waals surface area contributed by atoms with Crippen LogP contribution in [-0.4, -0.2) is 37.1 Å². The predicted octanol–water partition coefficient (Wildman–Crippen LogP) is 3.98. The summed E-state index contributed by atoms with van der Waals surface area (Å²) < 4.78 is 11.2. The maximum absolute atomic E-state index is 12.7. The number of nitrogens with zero attached hydrogens (tertiary/aromatic N) is 1. The molecular weight excluding hydrogens is 326 g/mol. The number of piperidine rings is 1. The van der Waals surface area contributed by atoms with Gasteiger partial charge in [0, 0.05) is 18.7 Å². The molecule has 0 spiro atoms. The molecule has 0 unspecified atom stereocenters. The van der Waals surface area contributed by atoms with Gasteiger partial charge in [-0.05, 0) is 55.2 Å². The van der Waals surface area contributed by atoms with Crippen molar-refractivity contribution in [1.29, 1.82) is 0 Å². The van der Waals surface area contributed by atoms with E-state index < -0.39 is 0 Å². The maximum Gasteiger partial charge on any atom is 0.253 e. The van der Waals surface area contributed by atoms with Crippen molar-refractivity contribution in [3.63, 3.8) is 0 Å². The first-order valence-corrected chi connectivity index (χ1v) is 8.89. The lowest BCUT2D eigenvalue weighted by Crippen LogP contribution is -2.39. The van der Waals surface area contributed by atoms with Crippen molar-refractivity contribution in [2.75, 3.05) is 26.3 Å². The van der Waals surface area contributed by atoms with Crippen LogP contribution >= 0.6 is 0 Å². The van der Waals surface area contributed by atoms with Gasteiger partial charge in [-0.3, -0.25) is 4.79 Å². The lowest BCUT2D eigenvalue weighted by atomic mass is 9.97. The minimum Gasteiger partial charge on any atom is -0.457 e. The molecule has 0 aromatic heterocycles. The minimum absolute atomic E-state index is 0.0688. The van der Waals surface area contributed by atoms with Gasteiger partial charge in [0.25, 0.3) is 5.91 Å². The number of carbonyl (C=O) groups is 1. The van der Waals surface area contributed by atoms with Crippen molar-refractivity contribution in [2.45, 2.75) is 12.8 Å². The van der Waals surface area contributed by atoms with E-state index in [9.17, 15) is 4.79 Å². The molecule has 0 N–H and O–H groups in total. The van der Waals surface area contributed by atoms with E-state index >= 15 is 0 Å². The lowest BCUT2D eigenvalue weighted by molar-refractivity contribution is 0.0582. The maximum atomic E-state index is 12.7. The highest BCUT2D eigenvalue weighted by Crippen LogP contribution is 2.23. The van der Waals surface area contributed by atoms with Crippen LogP contribution in [0.1, 0.15) is 23.2 Å². The van der Waals surface area contributed by atoms with Crippen LogP contribution in [0.15, 0.2) is 54.6 Å². The molecule has 4 nitrogen and oxygen atoms in total. The molecule has 1 amide bonds. The molecular formula is C22H23NO3. The van der Waals surface area contributed by atoms with Gasteiger partial charge in [0.1, 0.15) is 18.1 Å². The second-order valence-corrected chi connectivity index (χ2v) is 6.39. The van der Waals surface area contributed by atoms with Crippen LogP contribution in [0.3, 0.4) is 0 Å². The number of para-hydroxylation sites is 1. The molecule has 1 fully saturated rings. The lowest BCUT2D eigenvalue weighted by Gasteiger charge is -2.31. The molecule has 1 heterocycles. The third-order valence-corrected chi connectivity index (χ3v) is 4.52. The van der Waals surface area contributed by atoms with Gasteiger partial charge in [-0.25, -0.2) is 0 Å². The molecule has 1 aliphatic rings. The molecule has 0 bridgehead atoms. The van der Waals surface area contributed by atoms with Gasteiger partial charge in [-0.1, -0.05) is 24.1 Å². The van der Waals surface area contributed by atoms with Crippen molar-refractivity contribution in [1.82, 2.24) is 4.90 Å². The first-order chi connectivity index (χ1) is 12.8. The molecule has 1 aliphatic heterocycles. The summed E-state index contributed by atoms with van der Waals surface area (Å²) in [5, 5.41) is 0. The van der Waals surface area contributed by atoms with Crippen molar-refractivity contribution >= 4 is 5.91 Å². The molecule has 2 aromatic rings. The summed E-state index contributed by atoms with van der Waals surface area (Å²) >= 11 is 0. The number of amides is 1. The van der Waals surface area contributed by atoms with E-state index in [0.717, 1.165) is 37.4 Å². The highest BCUT2D eigenvalue weighted by Gasteiger charge is 2.23. The SMILES string of the molecule is C#CCOCC1CCN(C(=O)c2ccc(Oc3ccccc3)cc2)CC1. The van der Waals surface area contributed by atoms with Gasteiger partial charge < -0.3 is 14.4 Å². The quantitative estimate of drug-likeness (QED) is 0.585. The topological polar surface area (TPSA) is 38.8 Å². The molecule has 0 atom stereocenters. The van der Waals surface area contributed by atoms with Gasteiger partial charge >= 0.3 is 0 Å². The van der Waals surface area contributed by atoms with E-state index in [-0.39, 0.29) is 5.91 Å². The third-order valence-electron chi connectivity index (χ3n) is 4.52. The van der Waals surface area contributed by atoms with Crippen LogP contribution in [0, 0.1) is 18.3 Å². The second-order valence-electron chi connectivity index (χ2n) is 6.39. The number of carbonyl (C=O) groups excluding carboxylic acids is 1. The Morgan fingerprint density at radius 3 is 2.35 bits per heavy atom. The third kappa shape index (κ3) is 4.87. The zero-order valence-corrected chi connectivity index (χ0v) is 14.8. The van der Waals surface area contributed by atoms with E-state index in [0.29, 0.717) is 24.7 Å². The largest absolute Gasteiger partial charge is 0.457 e. The number of ether oxygens (including phenoxy) is 2. The van der Waals surface area contributed by atoms with Gasteiger partial charge in [0.2, 0.25) is 0 Å². The standard InChI is InChI=1S/C22H23NO3/c1-2-16-25-17-18-12-14-23(15-13-18)22(24)19-8-10-21(11-9-19)26-20-6-4-3-5-7-20/h1,3-11,18H,12-17H2. The Labute approximate surface area is 154 Å². The molecule has 2 aromatic carbocycles. The fourth-order valence-corrected chi connectivity index (χ4v) is 3.06. The predicted molar refractivity (Wildman–Crippen MR) is 101 cm³/mol. The number of hydrogen-bond donors (Lipinski definition) is 0. The van der Waals surface area contributed by atoms with Crippen molar-refractivity contribution in [3.05, 3.63) is 60.2 Å². The molecule has 0 radical (unpaired) electrons. The van der Waals surface area contributed by atoms with Crippen LogP contribution in [0.25, 0.3) is 0 Å². The van der Waals surface area contributed by atoms with Crippen LogP contribution in [0.4, 0.5) is 0 Å². The van der Waals surface area contributed by atoms with Crippen LogP contribution in [-0.2, 0) is 4.74 Å². The van der Waals surface area contributed by atoms with E-state index in [1.807, 2.05) is 59.5 Å². The summed E-state index contributed by atoms with van der Waals surface area (Å²) in [6, 6.07) is 16.9. The Morgan fingerprint density at radius 1 is 1.04 bits per heavy atom. The van der Waals surface area contributed by atoms with Crippen LogP contribution in [0.5, 0.6) is 11.5 Å². The zero-order valence-electron chi connectivity index (χ0n) is 14.8. The van der Waals surface area contributed by atoms with E-state index in [1.165, 1.54) is 0 Å². The number of rotatable bonds is 6. The molecule has 26 heavy (non-hydrogen) atoms.